The number of pyridine rings is 1. The molecule has 9 heteroatoms. The zero-order valence-electron chi connectivity index (χ0n) is 17.4. The molecule has 0 spiro atoms. The van der Waals surface area contributed by atoms with Crippen molar-refractivity contribution in [3.8, 4) is 0 Å². The fraction of sp³-hybridized carbons (Fsp3) is 0.208. The highest BCUT2D eigenvalue weighted by atomic mass is 35.5. The molecule has 3 aromatic rings. The number of nitrogens with zero attached hydrogens (tertiary/aromatic N) is 2. The van der Waals surface area contributed by atoms with Gasteiger partial charge in [-0.05, 0) is 41.8 Å². The molecule has 2 aliphatic heterocycles. The summed E-state index contributed by atoms with van der Waals surface area (Å²) in [6.07, 6.45) is 2.07. The third-order valence-electron chi connectivity index (χ3n) is 5.99. The molecule has 2 N–H and O–H groups in total. The van der Waals surface area contributed by atoms with Crippen LogP contribution >= 0.6 is 11.6 Å². The largest absolute Gasteiger partial charge is 0.332 e. The first-order chi connectivity index (χ1) is 15.9. The maximum Gasteiger partial charge on any atom is 0.255 e. The molecule has 0 radical (unpaired) electrons. The molecular formula is C24H19ClN4O4. The molecule has 0 saturated carbocycles. The number of hydrogen-bond acceptors (Lipinski definition) is 5. The molecule has 1 saturated heterocycles. The molecule has 4 amide bonds. The van der Waals surface area contributed by atoms with Crippen molar-refractivity contribution < 1.29 is 19.2 Å². The van der Waals surface area contributed by atoms with Gasteiger partial charge in [0, 0.05) is 30.1 Å². The smallest absolute Gasteiger partial charge is 0.255 e. The van der Waals surface area contributed by atoms with Crippen LogP contribution in [0, 0.1) is 0 Å². The van der Waals surface area contributed by atoms with Gasteiger partial charge in [0.2, 0.25) is 11.8 Å². The highest BCUT2D eigenvalue weighted by Crippen LogP contribution is 2.30. The van der Waals surface area contributed by atoms with Crippen molar-refractivity contribution in [2.45, 2.75) is 30.9 Å². The van der Waals surface area contributed by atoms with Gasteiger partial charge in [-0.3, -0.25) is 29.5 Å². The van der Waals surface area contributed by atoms with Crippen molar-refractivity contribution in [3.05, 3.63) is 77.0 Å². The second-order valence-corrected chi connectivity index (χ2v) is 8.46. The van der Waals surface area contributed by atoms with Gasteiger partial charge < -0.3 is 10.2 Å². The highest BCUT2D eigenvalue weighted by molar-refractivity contribution is 6.22. The number of carbonyl (C=O) groups excluding carboxylic acids is 4. The maximum absolute atomic E-state index is 12.9. The Morgan fingerprint density at radius 3 is 2.79 bits per heavy atom. The van der Waals surface area contributed by atoms with Crippen LogP contribution in [-0.4, -0.2) is 39.6 Å². The van der Waals surface area contributed by atoms with Crippen molar-refractivity contribution in [2.75, 3.05) is 0 Å². The van der Waals surface area contributed by atoms with Gasteiger partial charge in [0.15, 0.2) is 0 Å². The quantitative estimate of drug-likeness (QED) is 0.352. The molecule has 2 aromatic carbocycles. The number of nitrogens with one attached hydrogen (secondary N) is 2. The van der Waals surface area contributed by atoms with E-state index in [1.54, 1.807) is 30.5 Å². The van der Waals surface area contributed by atoms with E-state index in [9.17, 15) is 19.2 Å². The molecule has 8 nitrogen and oxygen atoms in total. The number of rotatable bonds is 4. The van der Waals surface area contributed by atoms with Gasteiger partial charge in [0.1, 0.15) is 11.5 Å². The minimum Gasteiger partial charge on any atom is -0.332 e. The summed E-state index contributed by atoms with van der Waals surface area (Å²) in [7, 11) is 0. The van der Waals surface area contributed by atoms with E-state index in [1.165, 1.54) is 4.90 Å². The molecule has 3 heterocycles. The van der Waals surface area contributed by atoms with Crippen LogP contribution in [0.5, 0.6) is 0 Å². The van der Waals surface area contributed by atoms with E-state index in [1.807, 2.05) is 24.3 Å². The Labute approximate surface area is 193 Å². The second-order valence-electron chi connectivity index (χ2n) is 8.03. The molecular weight excluding hydrogens is 444 g/mol. The van der Waals surface area contributed by atoms with Crippen LogP contribution in [0.15, 0.2) is 54.7 Å². The lowest BCUT2D eigenvalue weighted by Gasteiger charge is -2.29. The van der Waals surface area contributed by atoms with E-state index in [-0.39, 0.29) is 30.7 Å². The number of halogens is 1. The van der Waals surface area contributed by atoms with E-state index in [4.69, 9.17) is 11.6 Å². The van der Waals surface area contributed by atoms with Gasteiger partial charge in [-0.15, -0.1) is 0 Å². The summed E-state index contributed by atoms with van der Waals surface area (Å²) in [4.78, 5) is 55.1. The summed E-state index contributed by atoms with van der Waals surface area (Å²) in [5.74, 6) is -1.38. The van der Waals surface area contributed by atoms with Crippen molar-refractivity contribution in [1.29, 1.82) is 0 Å². The van der Waals surface area contributed by atoms with Gasteiger partial charge in [-0.2, -0.15) is 0 Å². The van der Waals surface area contributed by atoms with Gasteiger partial charge in [0.25, 0.3) is 11.8 Å². The molecule has 0 bridgehead atoms. The number of fused-ring (bicyclic) bond motifs is 2. The maximum atomic E-state index is 12.9. The Morgan fingerprint density at radius 2 is 1.97 bits per heavy atom. The molecule has 166 valence electrons. The van der Waals surface area contributed by atoms with Crippen LogP contribution in [0.25, 0.3) is 10.9 Å². The number of hydrogen-bond donors (Lipinski definition) is 2. The van der Waals surface area contributed by atoms with Crippen LogP contribution in [0.4, 0.5) is 0 Å². The van der Waals surface area contributed by atoms with Crippen LogP contribution in [0.3, 0.4) is 0 Å². The molecule has 5 rings (SSSR count). The molecule has 33 heavy (non-hydrogen) atoms. The van der Waals surface area contributed by atoms with Crippen molar-refractivity contribution in [2.24, 2.45) is 0 Å². The Hall–Kier alpha value is -3.78. The van der Waals surface area contributed by atoms with Gasteiger partial charge >= 0.3 is 0 Å². The van der Waals surface area contributed by atoms with Crippen molar-refractivity contribution in [1.82, 2.24) is 20.5 Å². The molecule has 1 fully saturated rings. The number of amides is 4. The van der Waals surface area contributed by atoms with E-state index in [0.29, 0.717) is 28.6 Å². The third-order valence-corrected chi connectivity index (χ3v) is 6.35. The Balaban J connectivity index is 1.34. The normalized spacial score (nSPS) is 18.8. The lowest BCUT2D eigenvalue weighted by molar-refractivity contribution is -0.136. The van der Waals surface area contributed by atoms with Crippen LogP contribution in [-0.2, 0) is 16.1 Å². The number of benzene rings is 2. The number of imide groups is 1. The lowest BCUT2D eigenvalue weighted by Crippen LogP contribution is -2.52. The first kappa shape index (κ1) is 21.1. The number of aromatic nitrogens is 1. The number of alkyl halides is 1. The second kappa shape index (κ2) is 8.29. The van der Waals surface area contributed by atoms with Crippen LogP contribution in [0.1, 0.15) is 50.2 Å². The number of carbonyl (C=O) groups is 4. The Bertz CT molecular complexity index is 1320. The van der Waals surface area contributed by atoms with Crippen molar-refractivity contribution in [3.63, 3.8) is 0 Å². The summed E-state index contributed by atoms with van der Waals surface area (Å²) in [6.45, 7) is 0.237. The molecule has 2 aliphatic rings. The van der Waals surface area contributed by atoms with Crippen LogP contribution in [0.2, 0.25) is 0 Å². The van der Waals surface area contributed by atoms with Gasteiger partial charge in [-0.1, -0.05) is 35.9 Å². The summed E-state index contributed by atoms with van der Waals surface area (Å²) in [5, 5.41) is 5.80. The summed E-state index contributed by atoms with van der Waals surface area (Å²) >= 11 is 6.52. The van der Waals surface area contributed by atoms with E-state index < -0.39 is 17.5 Å². The van der Waals surface area contributed by atoms with Crippen LogP contribution < -0.4 is 10.6 Å². The standard InChI is InChI=1S/C24H19ClN4O4/c25-21(28-22(31)17-9-10-26-18-4-2-1-3-16(17)18)13-5-6-15-14(11-13)12-29(24(15)33)19-7-8-20(30)27-23(19)32/h1-6,9-11,19,21H,7-8,12H2,(H,28,31)(H,27,30,32). The van der Waals surface area contributed by atoms with E-state index in [0.717, 1.165) is 10.9 Å². The Morgan fingerprint density at radius 1 is 1.15 bits per heavy atom. The Kier molecular flexibility index (Phi) is 5.30. The SMILES string of the molecule is O=C1CCC(N2Cc3cc(C(Cl)NC(=O)c4ccnc5ccccc45)ccc3C2=O)C(=O)N1. The predicted octanol–water partition coefficient (Wildman–Crippen LogP) is 2.66. The topological polar surface area (TPSA) is 108 Å². The van der Waals surface area contributed by atoms with Crippen molar-refractivity contribution >= 4 is 46.1 Å². The fourth-order valence-electron chi connectivity index (χ4n) is 4.32. The van der Waals surface area contributed by atoms with Gasteiger partial charge in [-0.25, -0.2) is 0 Å². The first-order valence-corrected chi connectivity index (χ1v) is 10.9. The molecule has 2 unspecified atom stereocenters. The monoisotopic (exact) mass is 462 g/mol. The van der Waals surface area contributed by atoms with E-state index in [2.05, 4.69) is 15.6 Å². The fourth-order valence-corrected chi connectivity index (χ4v) is 4.56. The minimum absolute atomic E-state index is 0.196. The lowest BCUT2D eigenvalue weighted by atomic mass is 10.0. The highest BCUT2D eigenvalue weighted by Gasteiger charge is 2.39. The zero-order valence-corrected chi connectivity index (χ0v) is 18.1. The third kappa shape index (κ3) is 3.82. The average molecular weight is 463 g/mol. The first-order valence-electron chi connectivity index (χ1n) is 10.5. The minimum atomic E-state index is -0.825. The molecule has 2 atom stereocenters. The predicted molar refractivity (Wildman–Crippen MR) is 120 cm³/mol. The molecule has 0 aliphatic carbocycles. The average Bonchev–Trinajstić information content (AvgIpc) is 3.14. The number of piperidine rings is 1. The summed E-state index contributed by atoms with van der Waals surface area (Å²) < 4.78 is 0. The summed E-state index contributed by atoms with van der Waals surface area (Å²) in [6, 6.07) is 13.4. The molecule has 1 aromatic heterocycles. The summed E-state index contributed by atoms with van der Waals surface area (Å²) in [5.41, 5.74) is 2.18. The van der Waals surface area contributed by atoms with E-state index >= 15 is 0 Å². The van der Waals surface area contributed by atoms with Gasteiger partial charge in [0.05, 0.1) is 11.1 Å². The number of para-hydroxylation sites is 1. The zero-order chi connectivity index (χ0) is 23.1.